The molecule has 2 amide bonds. The summed E-state index contributed by atoms with van der Waals surface area (Å²) in [6, 6.07) is 17.1. The van der Waals surface area contributed by atoms with Crippen LogP contribution < -0.4 is 24.4 Å². The lowest BCUT2D eigenvalue weighted by molar-refractivity contribution is -0.120. The molecule has 7 nitrogen and oxygen atoms in total. The molecule has 4 rings (SSSR count). The molecule has 0 saturated heterocycles. The number of nitrogens with one attached hydrogen (secondary N) is 1. The summed E-state index contributed by atoms with van der Waals surface area (Å²) < 4.78 is 29.6. The molecule has 0 unspecified atom stereocenters. The first-order valence-electron chi connectivity index (χ1n) is 10.6. The summed E-state index contributed by atoms with van der Waals surface area (Å²) in [7, 11) is 3.03. The molecule has 0 aliphatic carbocycles. The Hall–Kier alpha value is -4.33. The Morgan fingerprint density at radius 2 is 1.53 bits per heavy atom. The lowest BCUT2D eigenvalue weighted by atomic mass is 10.0. The standard InChI is InChI=1S/C26H23FN2O5/c1-4-34-19-11-5-16(6-12-19)23-24(28-21-14-13-20(32-2)15-22(21)33-3)26(31)29(25(23)30)18-9-7-17(27)8-10-18/h5-15,28H,4H2,1-3H3. The third kappa shape index (κ3) is 4.30. The van der Waals surface area contributed by atoms with Crippen LogP contribution in [0.3, 0.4) is 0 Å². The molecule has 0 saturated carbocycles. The van der Waals surface area contributed by atoms with Gasteiger partial charge in [-0.05, 0) is 61.0 Å². The molecule has 1 aliphatic heterocycles. The Morgan fingerprint density at radius 1 is 0.853 bits per heavy atom. The number of benzene rings is 3. The summed E-state index contributed by atoms with van der Waals surface area (Å²) in [4.78, 5) is 28.0. The van der Waals surface area contributed by atoms with E-state index >= 15 is 0 Å². The van der Waals surface area contributed by atoms with Crippen LogP contribution in [0.1, 0.15) is 12.5 Å². The molecular weight excluding hydrogens is 439 g/mol. The lowest BCUT2D eigenvalue weighted by Crippen LogP contribution is -2.32. The predicted molar refractivity (Wildman–Crippen MR) is 127 cm³/mol. The van der Waals surface area contributed by atoms with Crippen molar-refractivity contribution in [2.45, 2.75) is 6.92 Å². The molecule has 1 N–H and O–H groups in total. The van der Waals surface area contributed by atoms with Crippen LogP contribution in [-0.2, 0) is 9.59 Å². The number of methoxy groups -OCH3 is 2. The normalized spacial score (nSPS) is 13.4. The topological polar surface area (TPSA) is 77.1 Å². The van der Waals surface area contributed by atoms with Gasteiger partial charge in [0.25, 0.3) is 11.8 Å². The van der Waals surface area contributed by atoms with Crippen LogP contribution in [0, 0.1) is 5.82 Å². The van der Waals surface area contributed by atoms with Crippen molar-refractivity contribution in [1.82, 2.24) is 0 Å². The molecule has 3 aromatic rings. The fraction of sp³-hybridized carbons (Fsp3) is 0.154. The maximum atomic E-state index is 13.5. The van der Waals surface area contributed by atoms with Crippen molar-refractivity contribution >= 4 is 28.8 Å². The first-order valence-corrected chi connectivity index (χ1v) is 10.6. The first kappa shape index (κ1) is 22.8. The molecule has 1 aliphatic rings. The summed E-state index contributed by atoms with van der Waals surface area (Å²) in [5.41, 5.74) is 1.51. The van der Waals surface area contributed by atoms with Gasteiger partial charge in [0.15, 0.2) is 0 Å². The van der Waals surface area contributed by atoms with E-state index in [1.807, 2.05) is 6.92 Å². The number of amides is 2. The molecule has 8 heteroatoms. The number of hydrogen-bond donors (Lipinski definition) is 1. The molecule has 34 heavy (non-hydrogen) atoms. The van der Waals surface area contributed by atoms with Crippen molar-refractivity contribution in [2.24, 2.45) is 0 Å². The van der Waals surface area contributed by atoms with Crippen LogP contribution in [0.5, 0.6) is 17.2 Å². The smallest absolute Gasteiger partial charge is 0.282 e. The number of carbonyl (C=O) groups is 2. The maximum absolute atomic E-state index is 13.5. The number of imide groups is 1. The molecular formula is C26H23FN2O5. The SMILES string of the molecule is CCOc1ccc(C2=C(Nc3ccc(OC)cc3OC)C(=O)N(c3ccc(F)cc3)C2=O)cc1. The van der Waals surface area contributed by atoms with Gasteiger partial charge in [-0.2, -0.15) is 0 Å². The number of halogens is 1. The Balaban J connectivity index is 1.80. The highest BCUT2D eigenvalue weighted by atomic mass is 19.1. The zero-order chi connectivity index (χ0) is 24.2. The maximum Gasteiger partial charge on any atom is 0.282 e. The zero-order valence-corrected chi connectivity index (χ0v) is 18.9. The van der Waals surface area contributed by atoms with Gasteiger partial charge < -0.3 is 19.5 Å². The minimum absolute atomic E-state index is 0.0713. The van der Waals surface area contributed by atoms with Gasteiger partial charge in [0, 0.05) is 6.07 Å². The van der Waals surface area contributed by atoms with E-state index in [0.717, 1.165) is 4.90 Å². The molecule has 0 atom stereocenters. The van der Waals surface area contributed by atoms with Crippen molar-refractivity contribution < 1.29 is 28.2 Å². The first-order chi connectivity index (χ1) is 16.5. The Morgan fingerprint density at radius 3 is 2.15 bits per heavy atom. The number of carbonyl (C=O) groups excluding carboxylic acids is 2. The second-order valence-electron chi connectivity index (χ2n) is 7.32. The van der Waals surface area contributed by atoms with Crippen LogP contribution in [0.2, 0.25) is 0 Å². The average Bonchev–Trinajstić information content (AvgIpc) is 3.10. The van der Waals surface area contributed by atoms with Crippen molar-refractivity contribution in [3.8, 4) is 17.2 Å². The summed E-state index contributed by atoms with van der Waals surface area (Å²) in [6.45, 7) is 2.38. The molecule has 1 heterocycles. The van der Waals surface area contributed by atoms with Crippen LogP contribution in [0.25, 0.3) is 5.57 Å². The quantitative estimate of drug-likeness (QED) is 0.492. The minimum Gasteiger partial charge on any atom is -0.497 e. The van der Waals surface area contributed by atoms with E-state index in [4.69, 9.17) is 14.2 Å². The molecule has 0 spiro atoms. The van der Waals surface area contributed by atoms with E-state index in [1.165, 1.54) is 38.5 Å². The fourth-order valence-electron chi connectivity index (χ4n) is 3.66. The lowest BCUT2D eigenvalue weighted by Gasteiger charge is -2.16. The number of hydrogen-bond acceptors (Lipinski definition) is 6. The van der Waals surface area contributed by atoms with E-state index in [9.17, 15) is 14.0 Å². The highest BCUT2D eigenvalue weighted by Gasteiger charge is 2.40. The van der Waals surface area contributed by atoms with Crippen molar-refractivity contribution in [3.63, 3.8) is 0 Å². The van der Waals surface area contributed by atoms with Crippen LogP contribution >= 0.6 is 0 Å². The van der Waals surface area contributed by atoms with Gasteiger partial charge >= 0.3 is 0 Å². The van der Waals surface area contributed by atoms with Gasteiger partial charge in [0.05, 0.1) is 37.8 Å². The highest BCUT2D eigenvalue weighted by molar-refractivity contribution is 6.46. The second kappa shape index (κ2) is 9.66. The summed E-state index contributed by atoms with van der Waals surface area (Å²) in [5, 5.41) is 3.07. The van der Waals surface area contributed by atoms with E-state index in [1.54, 1.807) is 42.5 Å². The van der Waals surface area contributed by atoms with E-state index in [2.05, 4.69) is 5.32 Å². The summed E-state index contributed by atoms with van der Waals surface area (Å²) in [5.74, 6) is 0.0755. The van der Waals surface area contributed by atoms with Gasteiger partial charge in [-0.15, -0.1) is 0 Å². The molecule has 0 fully saturated rings. The molecule has 0 bridgehead atoms. The van der Waals surface area contributed by atoms with Gasteiger partial charge in [-0.25, -0.2) is 9.29 Å². The Kier molecular flexibility index (Phi) is 6.49. The van der Waals surface area contributed by atoms with E-state index in [-0.39, 0.29) is 17.0 Å². The Labute approximate surface area is 196 Å². The third-order valence-corrected chi connectivity index (χ3v) is 5.29. The van der Waals surface area contributed by atoms with Crippen LogP contribution in [0.4, 0.5) is 15.8 Å². The van der Waals surface area contributed by atoms with Crippen molar-refractivity contribution in [3.05, 3.63) is 83.8 Å². The van der Waals surface area contributed by atoms with Gasteiger partial charge in [-0.3, -0.25) is 9.59 Å². The highest BCUT2D eigenvalue weighted by Crippen LogP contribution is 2.37. The number of rotatable bonds is 8. The monoisotopic (exact) mass is 462 g/mol. The fourth-order valence-corrected chi connectivity index (χ4v) is 3.66. The van der Waals surface area contributed by atoms with Gasteiger partial charge in [0.2, 0.25) is 0 Å². The number of anilines is 2. The molecule has 0 radical (unpaired) electrons. The summed E-state index contributed by atoms with van der Waals surface area (Å²) in [6.07, 6.45) is 0. The van der Waals surface area contributed by atoms with Gasteiger partial charge in [-0.1, -0.05) is 12.1 Å². The average molecular weight is 462 g/mol. The van der Waals surface area contributed by atoms with Gasteiger partial charge in [0.1, 0.15) is 28.8 Å². The van der Waals surface area contributed by atoms with Crippen molar-refractivity contribution in [1.29, 1.82) is 0 Å². The summed E-state index contributed by atoms with van der Waals surface area (Å²) >= 11 is 0. The minimum atomic E-state index is -0.571. The zero-order valence-electron chi connectivity index (χ0n) is 18.9. The largest absolute Gasteiger partial charge is 0.497 e. The van der Waals surface area contributed by atoms with Crippen molar-refractivity contribution in [2.75, 3.05) is 31.0 Å². The van der Waals surface area contributed by atoms with Crippen LogP contribution in [-0.4, -0.2) is 32.6 Å². The predicted octanol–water partition coefficient (Wildman–Crippen LogP) is 4.64. The van der Waals surface area contributed by atoms with E-state index in [0.29, 0.717) is 35.1 Å². The molecule has 3 aromatic carbocycles. The second-order valence-corrected chi connectivity index (χ2v) is 7.32. The van der Waals surface area contributed by atoms with Crippen LogP contribution in [0.15, 0.2) is 72.4 Å². The molecule has 174 valence electrons. The number of ether oxygens (including phenoxy) is 3. The molecule has 0 aromatic heterocycles. The Bertz CT molecular complexity index is 1250. The third-order valence-electron chi connectivity index (χ3n) is 5.29. The number of nitrogens with zero attached hydrogens (tertiary/aromatic N) is 1. The van der Waals surface area contributed by atoms with E-state index < -0.39 is 17.6 Å².